The zero-order valence-corrected chi connectivity index (χ0v) is 18.8. The molecule has 0 aromatic heterocycles. The fourth-order valence-electron chi connectivity index (χ4n) is 3.23. The highest BCUT2D eigenvalue weighted by Crippen LogP contribution is 2.25. The molecule has 2 amide bonds. The van der Waals surface area contributed by atoms with Crippen molar-refractivity contribution in [2.45, 2.75) is 52.1 Å². The molecule has 0 aliphatic rings. The summed E-state index contributed by atoms with van der Waals surface area (Å²) in [5.41, 5.74) is 3.72. The predicted molar refractivity (Wildman–Crippen MR) is 125 cm³/mol. The molecule has 1 atom stereocenters. The van der Waals surface area contributed by atoms with Gasteiger partial charge in [-0.2, -0.15) is 0 Å². The number of carboxylic acids is 1. The number of nitrogens with one attached hydrogen (secondary N) is 1. The first-order valence-corrected chi connectivity index (χ1v) is 11.0. The van der Waals surface area contributed by atoms with Crippen molar-refractivity contribution in [1.82, 2.24) is 5.32 Å². The van der Waals surface area contributed by atoms with Gasteiger partial charge in [0.25, 0.3) is 0 Å². The molecule has 6 heteroatoms. The smallest absolute Gasteiger partial charge is 0.333 e. The van der Waals surface area contributed by atoms with Crippen molar-refractivity contribution < 1.29 is 19.4 Å². The lowest BCUT2D eigenvalue weighted by Gasteiger charge is -2.19. The highest BCUT2D eigenvalue weighted by molar-refractivity contribution is 5.92. The van der Waals surface area contributed by atoms with Gasteiger partial charge in [-0.1, -0.05) is 63.1 Å². The molecule has 168 valence electrons. The second-order valence-electron chi connectivity index (χ2n) is 7.65. The van der Waals surface area contributed by atoms with Crippen LogP contribution in [-0.2, 0) is 16.0 Å². The van der Waals surface area contributed by atoms with E-state index in [0.29, 0.717) is 19.6 Å². The van der Waals surface area contributed by atoms with Gasteiger partial charge in [-0.15, -0.1) is 0 Å². The lowest BCUT2D eigenvalue weighted by atomic mass is 10.0. The van der Waals surface area contributed by atoms with Crippen LogP contribution in [0, 0.1) is 0 Å². The minimum Gasteiger partial charge on any atom is -0.479 e. The number of urea groups is 1. The zero-order chi connectivity index (χ0) is 22.6. The number of carbonyl (C=O) groups excluding carboxylic acids is 1. The first-order valence-electron chi connectivity index (χ1n) is 11.0. The largest absolute Gasteiger partial charge is 0.479 e. The zero-order valence-electron chi connectivity index (χ0n) is 18.8. The third-order valence-electron chi connectivity index (χ3n) is 5.10. The Labute approximate surface area is 185 Å². The Morgan fingerprint density at radius 1 is 1.03 bits per heavy atom. The molecule has 0 bridgehead atoms. The maximum absolute atomic E-state index is 12.4. The van der Waals surface area contributed by atoms with E-state index in [1.54, 1.807) is 11.9 Å². The summed E-state index contributed by atoms with van der Waals surface area (Å²) < 4.78 is 5.43. The fraction of sp³-hybridized carbons (Fsp3) is 0.440. The van der Waals surface area contributed by atoms with Crippen molar-refractivity contribution in [3.63, 3.8) is 0 Å². The van der Waals surface area contributed by atoms with Gasteiger partial charge in [0.05, 0.1) is 0 Å². The molecule has 0 aliphatic carbocycles. The predicted octanol–water partition coefficient (Wildman–Crippen LogP) is 5.11. The first kappa shape index (κ1) is 24.4. The molecule has 0 saturated carbocycles. The number of ether oxygens (including phenoxy) is 1. The van der Waals surface area contributed by atoms with Crippen LogP contribution in [0.3, 0.4) is 0 Å². The lowest BCUT2D eigenvalue weighted by Crippen LogP contribution is -2.37. The van der Waals surface area contributed by atoms with Crippen molar-refractivity contribution in [2.24, 2.45) is 0 Å². The normalized spacial score (nSPS) is 11.7. The lowest BCUT2D eigenvalue weighted by molar-refractivity contribution is -0.150. The van der Waals surface area contributed by atoms with Crippen molar-refractivity contribution in [3.05, 3.63) is 54.1 Å². The summed E-state index contributed by atoms with van der Waals surface area (Å²) >= 11 is 0. The van der Waals surface area contributed by atoms with Crippen molar-refractivity contribution in [3.8, 4) is 11.1 Å². The molecule has 2 aromatic carbocycles. The van der Waals surface area contributed by atoms with E-state index in [4.69, 9.17) is 4.74 Å². The van der Waals surface area contributed by atoms with E-state index in [9.17, 15) is 14.7 Å². The summed E-state index contributed by atoms with van der Waals surface area (Å²) in [5.74, 6) is -0.943. The number of hydrogen-bond donors (Lipinski definition) is 2. The minimum absolute atomic E-state index is 0.115. The Morgan fingerprint density at radius 2 is 1.77 bits per heavy atom. The molecular weight excluding hydrogens is 392 g/mol. The third kappa shape index (κ3) is 7.72. The molecule has 0 aliphatic heterocycles. The number of anilines is 1. The van der Waals surface area contributed by atoms with Crippen LogP contribution in [0.5, 0.6) is 0 Å². The van der Waals surface area contributed by atoms with Crippen LogP contribution in [0.1, 0.15) is 45.1 Å². The molecular formula is C25H34N2O4. The van der Waals surface area contributed by atoms with E-state index >= 15 is 0 Å². The van der Waals surface area contributed by atoms with Crippen LogP contribution < -0.4 is 10.2 Å². The summed E-state index contributed by atoms with van der Waals surface area (Å²) in [4.78, 5) is 25.4. The second kappa shape index (κ2) is 12.7. The molecule has 0 spiro atoms. The Hall–Kier alpha value is -2.86. The topological polar surface area (TPSA) is 78.9 Å². The van der Waals surface area contributed by atoms with Crippen molar-refractivity contribution in [1.29, 1.82) is 0 Å². The van der Waals surface area contributed by atoms with Crippen molar-refractivity contribution >= 4 is 17.7 Å². The van der Waals surface area contributed by atoms with Crippen LogP contribution in [0.15, 0.2) is 48.5 Å². The second-order valence-corrected chi connectivity index (χ2v) is 7.65. The van der Waals surface area contributed by atoms with E-state index in [1.165, 1.54) is 0 Å². The quantitative estimate of drug-likeness (QED) is 0.462. The molecule has 2 rings (SSSR count). The molecule has 2 aromatic rings. The van der Waals surface area contributed by atoms with E-state index in [0.717, 1.165) is 48.1 Å². The number of carboxylic acid groups (broad SMARTS) is 1. The summed E-state index contributed by atoms with van der Waals surface area (Å²) in [6, 6.07) is 15.5. The number of nitrogens with zero attached hydrogens (tertiary/aromatic N) is 1. The van der Waals surface area contributed by atoms with Gasteiger partial charge in [0, 0.05) is 32.3 Å². The number of amides is 2. The standard InChI is InChI=1S/C25H34N2O4/c1-4-6-7-15-26-25(30)27(3)22-10-8-9-21(18-22)20-13-11-19(12-14-20)17-23(24(28)29)31-16-5-2/h8-14,18,23H,4-7,15-17H2,1-3H3,(H,26,30)(H,28,29)/t23-/m0/s1. The molecule has 2 N–H and O–H groups in total. The van der Waals surface area contributed by atoms with E-state index < -0.39 is 12.1 Å². The highest BCUT2D eigenvalue weighted by Gasteiger charge is 2.18. The highest BCUT2D eigenvalue weighted by atomic mass is 16.5. The first-order chi connectivity index (χ1) is 15.0. The van der Waals surface area contributed by atoms with Gasteiger partial charge in [-0.3, -0.25) is 4.90 Å². The summed E-state index contributed by atoms with van der Waals surface area (Å²) in [7, 11) is 1.76. The molecule has 0 unspecified atom stereocenters. The SMILES string of the molecule is CCCCCNC(=O)N(C)c1cccc(-c2ccc(C[C@H](OCCC)C(=O)O)cc2)c1. The summed E-state index contributed by atoms with van der Waals surface area (Å²) in [6.45, 7) is 5.20. The number of carbonyl (C=O) groups is 2. The van der Waals surface area contributed by atoms with Crippen LogP contribution in [0.2, 0.25) is 0 Å². The number of aliphatic carboxylic acids is 1. The Morgan fingerprint density at radius 3 is 2.42 bits per heavy atom. The van der Waals surface area contributed by atoms with Gasteiger partial charge in [-0.25, -0.2) is 9.59 Å². The number of unbranched alkanes of at least 4 members (excludes halogenated alkanes) is 2. The summed E-state index contributed by atoms with van der Waals surface area (Å²) in [6.07, 6.45) is 3.48. The van der Waals surface area contributed by atoms with Crippen LogP contribution >= 0.6 is 0 Å². The molecule has 31 heavy (non-hydrogen) atoms. The molecule has 0 saturated heterocycles. The fourth-order valence-corrected chi connectivity index (χ4v) is 3.23. The monoisotopic (exact) mass is 426 g/mol. The number of hydrogen-bond acceptors (Lipinski definition) is 3. The number of rotatable bonds is 12. The number of benzene rings is 2. The summed E-state index contributed by atoms with van der Waals surface area (Å²) in [5, 5.41) is 12.3. The maximum atomic E-state index is 12.4. The van der Waals surface area contributed by atoms with E-state index in [2.05, 4.69) is 12.2 Å². The van der Waals surface area contributed by atoms with Gasteiger partial charge in [0.1, 0.15) is 0 Å². The van der Waals surface area contributed by atoms with E-state index in [-0.39, 0.29) is 6.03 Å². The minimum atomic E-state index is -0.943. The van der Waals surface area contributed by atoms with Gasteiger partial charge >= 0.3 is 12.0 Å². The molecule has 0 fully saturated rings. The third-order valence-corrected chi connectivity index (χ3v) is 5.10. The van der Waals surface area contributed by atoms with Crippen LogP contribution in [-0.4, -0.2) is 43.4 Å². The average Bonchev–Trinajstić information content (AvgIpc) is 2.79. The molecule has 0 heterocycles. The van der Waals surface area contributed by atoms with Crippen LogP contribution in [0.4, 0.5) is 10.5 Å². The van der Waals surface area contributed by atoms with Crippen molar-refractivity contribution in [2.75, 3.05) is 25.1 Å². The van der Waals surface area contributed by atoms with Gasteiger partial charge < -0.3 is 15.2 Å². The Bertz CT molecular complexity index is 836. The van der Waals surface area contributed by atoms with Gasteiger partial charge in [0.15, 0.2) is 6.10 Å². The Kier molecular flexibility index (Phi) is 10.0. The van der Waals surface area contributed by atoms with Crippen LogP contribution in [0.25, 0.3) is 11.1 Å². The molecule has 0 radical (unpaired) electrons. The van der Waals surface area contributed by atoms with Gasteiger partial charge in [0.2, 0.25) is 0 Å². The molecule has 6 nitrogen and oxygen atoms in total. The maximum Gasteiger partial charge on any atom is 0.333 e. The van der Waals surface area contributed by atoms with Gasteiger partial charge in [-0.05, 0) is 41.7 Å². The Balaban J connectivity index is 2.05. The average molecular weight is 427 g/mol. The van der Waals surface area contributed by atoms with E-state index in [1.807, 2.05) is 55.5 Å².